The Morgan fingerprint density at radius 3 is 2.60 bits per heavy atom. The fourth-order valence-corrected chi connectivity index (χ4v) is 2.37. The topological polar surface area (TPSA) is 35.6 Å². The fourth-order valence-electron chi connectivity index (χ4n) is 2.37. The molecule has 1 aliphatic rings. The SMILES string of the molecule is CN(C)C(=O)CN1CCC(Nc2ccccc2F)CC1. The lowest BCUT2D eigenvalue weighted by Gasteiger charge is -2.33. The second-order valence-electron chi connectivity index (χ2n) is 5.46. The van der Waals surface area contributed by atoms with Crippen molar-refractivity contribution in [3.05, 3.63) is 30.1 Å². The second kappa shape index (κ2) is 6.70. The summed E-state index contributed by atoms with van der Waals surface area (Å²) in [5.74, 6) is -0.0803. The first-order chi connectivity index (χ1) is 9.56. The average molecular weight is 279 g/mol. The maximum absolute atomic E-state index is 13.6. The first-order valence-corrected chi connectivity index (χ1v) is 7.00. The van der Waals surface area contributed by atoms with Crippen LogP contribution in [0.4, 0.5) is 10.1 Å². The summed E-state index contributed by atoms with van der Waals surface area (Å²) < 4.78 is 13.6. The average Bonchev–Trinajstić information content (AvgIpc) is 2.43. The highest BCUT2D eigenvalue weighted by Crippen LogP contribution is 2.19. The number of benzene rings is 1. The Hall–Kier alpha value is -1.62. The van der Waals surface area contributed by atoms with Crippen LogP contribution in [0.2, 0.25) is 0 Å². The third-order valence-corrected chi connectivity index (χ3v) is 3.68. The zero-order valence-corrected chi connectivity index (χ0v) is 12.1. The van der Waals surface area contributed by atoms with Gasteiger partial charge < -0.3 is 10.2 Å². The predicted molar refractivity (Wildman–Crippen MR) is 78.2 cm³/mol. The van der Waals surface area contributed by atoms with Crippen molar-refractivity contribution in [3.63, 3.8) is 0 Å². The normalized spacial score (nSPS) is 16.9. The zero-order valence-electron chi connectivity index (χ0n) is 12.1. The molecule has 4 nitrogen and oxygen atoms in total. The van der Waals surface area contributed by atoms with Gasteiger partial charge in [-0.15, -0.1) is 0 Å². The number of hydrogen-bond donors (Lipinski definition) is 1. The number of amides is 1. The lowest BCUT2D eigenvalue weighted by molar-refractivity contribution is -0.130. The maximum atomic E-state index is 13.6. The number of anilines is 1. The monoisotopic (exact) mass is 279 g/mol. The quantitative estimate of drug-likeness (QED) is 0.912. The van der Waals surface area contributed by atoms with Crippen LogP contribution < -0.4 is 5.32 Å². The van der Waals surface area contributed by atoms with Gasteiger partial charge in [0.05, 0.1) is 12.2 Å². The number of nitrogens with one attached hydrogen (secondary N) is 1. The van der Waals surface area contributed by atoms with Gasteiger partial charge in [0, 0.05) is 33.2 Å². The third-order valence-electron chi connectivity index (χ3n) is 3.68. The van der Waals surface area contributed by atoms with Gasteiger partial charge in [-0.1, -0.05) is 12.1 Å². The number of likely N-dealkylation sites (N-methyl/N-ethyl adjacent to an activating group) is 1. The molecule has 1 aliphatic heterocycles. The van der Waals surface area contributed by atoms with Gasteiger partial charge in [0.1, 0.15) is 5.82 Å². The Morgan fingerprint density at radius 2 is 2.00 bits per heavy atom. The number of carbonyl (C=O) groups is 1. The fraction of sp³-hybridized carbons (Fsp3) is 0.533. The van der Waals surface area contributed by atoms with Crippen molar-refractivity contribution in [1.82, 2.24) is 9.80 Å². The molecule has 1 saturated heterocycles. The van der Waals surface area contributed by atoms with Crippen molar-refractivity contribution in [2.75, 3.05) is 39.0 Å². The zero-order chi connectivity index (χ0) is 14.5. The molecule has 1 amide bonds. The molecule has 0 bridgehead atoms. The van der Waals surface area contributed by atoms with Gasteiger partial charge >= 0.3 is 0 Å². The van der Waals surface area contributed by atoms with Crippen molar-refractivity contribution >= 4 is 11.6 Å². The Bertz CT molecular complexity index is 456. The Labute approximate surface area is 119 Å². The van der Waals surface area contributed by atoms with Crippen molar-refractivity contribution in [3.8, 4) is 0 Å². The Morgan fingerprint density at radius 1 is 1.35 bits per heavy atom. The van der Waals surface area contributed by atoms with E-state index in [1.807, 2.05) is 6.07 Å². The molecule has 1 aromatic rings. The van der Waals surface area contributed by atoms with Crippen LogP contribution >= 0.6 is 0 Å². The van der Waals surface area contributed by atoms with Crippen LogP contribution in [0.15, 0.2) is 24.3 Å². The molecular weight excluding hydrogens is 257 g/mol. The number of piperidine rings is 1. The number of halogens is 1. The smallest absolute Gasteiger partial charge is 0.236 e. The first-order valence-electron chi connectivity index (χ1n) is 7.00. The summed E-state index contributed by atoms with van der Waals surface area (Å²) in [5.41, 5.74) is 0.565. The summed E-state index contributed by atoms with van der Waals surface area (Å²) in [7, 11) is 3.55. The molecule has 5 heteroatoms. The number of carbonyl (C=O) groups excluding carboxylic acids is 1. The largest absolute Gasteiger partial charge is 0.380 e. The molecule has 1 aromatic carbocycles. The third kappa shape index (κ3) is 3.93. The van der Waals surface area contributed by atoms with Crippen molar-refractivity contribution < 1.29 is 9.18 Å². The van der Waals surface area contributed by atoms with E-state index in [-0.39, 0.29) is 17.8 Å². The molecule has 1 heterocycles. The summed E-state index contributed by atoms with van der Waals surface area (Å²) in [6.45, 7) is 2.21. The molecule has 2 rings (SSSR count). The maximum Gasteiger partial charge on any atom is 0.236 e. The van der Waals surface area contributed by atoms with Crippen molar-refractivity contribution in [1.29, 1.82) is 0 Å². The van der Waals surface area contributed by atoms with Crippen LogP contribution in [0.5, 0.6) is 0 Å². The molecule has 0 spiro atoms. The lowest BCUT2D eigenvalue weighted by Crippen LogP contribution is -2.44. The van der Waals surface area contributed by atoms with E-state index in [1.54, 1.807) is 31.1 Å². The van der Waals surface area contributed by atoms with Crippen LogP contribution in [0.1, 0.15) is 12.8 Å². The highest BCUT2D eigenvalue weighted by atomic mass is 19.1. The van der Waals surface area contributed by atoms with E-state index in [1.165, 1.54) is 6.07 Å². The van der Waals surface area contributed by atoms with Crippen LogP contribution in [0.25, 0.3) is 0 Å². The number of para-hydroxylation sites is 1. The molecule has 0 aliphatic carbocycles. The molecular formula is C15H22FN3O. The van der Waals surface area contributed by atoms with Crippen LogP contribution in [-0.4, -0.2) is 55.5 Å². The molecule has 0 atom stereocenters. The van der Waals surface area contributed by atoms with Gasteiger partial charge in [0.2, 0.25) is 5.91 Å². The standard InChI is InChI=1S/C15H22FN3O/c1-18(2)15(20)11-19-9-7-12(8-10-19)17-14-6-4-3-5-13(14)16/h3-6,12,17H,7-11H2,1-2H3. The lowest BCUT2D eigenvalue weighted by atomic mass is 10.0. The van der Waals surface area contributed by atoms with E-state index >= 15 is 0 Å². The minimum atomic E-state index is -0.210. The summed E-state index contributed by atoms with van der Waals surface area (Å²) in [5, 5.41) is 3.25. The summed E-state index contributed by atoms with van der Waals surface area (Å²) in [4.78, 5) is 15.4. The van der Waals surface area contributed by atoms with E-state index in [0.29, 0.717) is 12.2 Å². The number of likely N-dealkylation sites (tertiary alicyclic amines) is 1. The number of nitrogens with zero attached hydrogens (tertiary/aromatic N) is 2. The van der Waals surface area contributed by atoms with Gasteiger partial charge in [0.15, 0.2) is 0 Å². The Balaban J connectivity index is 1.80. The molecule has 0 aromatic heterocycles. The van der Waals surface area contributed by atoms with E-state index in [4.69, 9.17) is 0 Å². The van der Waals surface area contributed by atoms with Crippen molar-refractivity contribution in [2.45, 2.75) is 18.9 Å². The van der Waals surface area contributed by atoms with Gasteiger partial charge in [-0.25, -0.2) is 4.39 Å². The molecule has 1 N–H and O–H groups in total. The molecule has 0 saturated carbocycles. The van der Waals surface area contributed by atoms with Crippen LogP contribution in [-0.2, 0) is 4.79 Å². The van der Waals surface area contributed by atoms with E-state index in [2.05, 4.69) is 10.2 Å². The predicted octanol–water partition coefficient (Wildman–Crippen LogP) is 1.79. The molecule has 1 fully saturated rings. The second-order valence-corrected chi connectivity index (χ2v) is 5.46. The molecule has 0 radical (unpaired) electrons. The van der Waals surface area contributed by atoms with Gasteiger partial charge in [-0.3, -0.25) is 9.69 Å². The van der Waals surface area contributed by atoms with E-state index in [0.717, 1.165) is 25.9 Å². The van der Waals surface area contributed by atoms with Gasteiger partial charge in [-0.05, 0) is 25.0 Å². The first kappa shape index (κ1) is 14.8. The highest BCUT2D eigenvalue weighted by Gasteiger charge is 2.21. The number of rotatable bonds is 4. The summed E-state index contributed by atoms with van der Waals surface area (Å²) in [6, 6.07) is 7.02. The minimum Gasteiger partial charge on any atom is -0.380 e. The van der Waals surface area contributed by atoms with Gasteiger partial charge in [0.25, 0.3) is 0 Å². The van der Waals surface area contributed by atoms with E-state index in [9.17, 15) is 9.18 Å². The van der Waals surface area contributed by atoms with Crippen molar-refractivity contribution in [2.24, 2.45) is 0 Å². The highest BCUT2D eigenvalue weighted by molar-refractivity contribution is 5.77. The molecule has 20 heavy (non-hydrogen) atoms. The number of hydrogen-bond acceptors (Lipinski definition) is 3. The van der Waals surface area contributed by atoms with Gasteiger partial charge in [-0.2, -0.15) is 0 Å². The van der Waals surface area contributed by atoms with Crippen LogP contribution in [0, 0.1) is 5.82 Å². The minimum absolute atomic E-state index is 0.130. The molecule has 0 unspecified atom stereocenters. The summed E-state index contributed by atoms with van der Waals surface area (Å²) >= 11 is 0. The Kier molecular flexibility index (Phi) is 4.95. The van der Waals surface area contributed by atoms with E-state index < -0.39 is 0 Å². The van der Waals surface area contributed by atoms with Crippen LogP contribution in [0.3, 0.4) is 0 Å². The molecule has 110 valence electrons. The summed E-state index contributed by atoms with van der Waals surface area (Å²) in [6.07, 6.45) is 1.85.